The fourth-order valence-corrected chi connectivity index (χ4v) is 3.08. The Hall–Kier alpha value is -0.0400. The van der Waals surface area contributed by atoms with Crippen molar-refractivity contribution >= 4 is 0 Å². The van der Waals surface area contributed by atoms with E-state index in [4.69, 9.17) is 0 Å². The molecular weight excluding hydrogens is 170 g/mol. The van der Waals surface area contributed by atoms with Gasteiger partial charge in [-0.15, -0.1) is 0 Å². The van der Waals surface area contributed by atoms with Crippen molar-refractivity contribution in [2.75, 3.05) is 6.54 Å². The quantitative estimate of drug-likeness (QED) is 0.665. The summed E-state index contributed by atoms with van der Waals surface area (Å²) < 4.78 is 0. The maximum absolute atomic E-state index is 2.72. The molecule has 0 bridgehead atoms. The Morgan fingerprint density at radius 2 is 1.86 bits per heavy atom. The van der Waals surface area contributed by atoms with Gasteiger partial charge in [0.25, 0.3) is 0 Å². The van der Waals surface area contributed by atoms with Gasteiger partial charge in [0.2, 0.25) is 0 Å². The fourth-order valence-electron chi connectivity index (χ4n) is 3.08. The van der Waals surface area contributed by atoms with E-state index in [1.807, 2.05) is 0 Å². The molecule has 2 fully saturated rings. The van der Waals surface area contributed by atoms with Crippen LogP contribution >= 0.6 is 0 Å². The summed E-state index contributed by atoms with van der Waals surface area (Å²) in [5, 5.41) is 0. The molecule has 82 valence electrons. The highest BCUT2D eigenvalue weighted by Crippen LogP contribution is 2.40. The van der Waals surface area contributed by atoms with Gasteiger partial charge in [0.05, 0.1) is 0 Å². The Labute approximate surface area is 88.9 Å². The van der Waals surface area contributed by atoms with E-state index in [0.29, 0.717) is 0 Å². The van der Waals surface area contributed by atoms with Gasteiger partial charge in [-0.1, -0.05) is 6.92 Å². The van der Waals surface area contributed by atoms with Gasteiger partial charge in [-0.3, -0.25) is 4.90 Å². The standard InChI is InChI=1S/C13H25N/c1-10(2)14-8-4-5-13(14)9-11(3)12-6-7-12/h10-13H,4-9H2,1-3H3. The minimum Gasteiger partial charge on any atom is -0.298 e. The summed E-state index contributed by atoms with van der Waals surface area (Å²) in [7, 11) is 0. The molecular formula is C13H25N. The van der Waals surface area contributed by atoms with E-state index in [0.717, 1.165) is 23.9 Å². The molecule has 0 radical (unpaired) electrons. The van der Waals surface area contributed by atoms with Crippen LogP contribution in [-0.2, 0) is 0 Å². The largest absolute Gasteiger partial charge is 0.298 e. The van der Waals surface area contributed by atoms with E-state index >= 15 is 0 Å². The van der Waals surface area contributed by atoms with Crippen molar-refractivity contribution < 1.29 is 0 Å². The monoisotopic (exact) mass is 195 g/mol. The van der Waals surface area contributed by atoms with Crippen LogP contribution in [0.25, 0.3) is 0 Å². The van der Waals surface area contributed by atoms with Crippen molar-refractivity contribution in [3.8, 4) is 0 Å². The molecule has 1 heteroatoms. The molecule has 2 atom stereocenters. The molecule has 2 rings (SSSR count). The second-order valence-electron chi connectivity index (χ2n) is 5.68. The van der Waals surface area contributed by atoms with Crippen molar-refractivity contribution in [2.24, 2.45) is 11.8 Å². The predicted molar refractivity (Wildman–Crippen MR) is 61.4 cm³/mol. The van der Waals surface area contributed by atoms with Gasteiger partial charge in [-0.05, 0) is 64.3 Å². The molecule has 1 nitrogen and oxygen atoms in total. The molecule has 0 aromatic rings. The summed E-state index contributed by atoms with van der Waals surface area (Å²) in [5.74, 6) is 2.07. The van der Waals surface area contributed by atoms with Crippen molar-refractivity contribution in [3.05, 3.63) is 0 Å². The van der Waals surface area contributed by atoms with Gasteiger partial charge in [0.1, 0.15) is 0 Å². The third-order valence-electron chi connectivity index (χ3n) is 4.16. The maximum atomic E-state index is 2.72. The second-order valence-corrected chi connectivity index (χ2v) is 5.68. The zero-order valence-corrected chi connectivity index (χ0v) is 10.00. The normalized spacial score (nSPS) is 31.3. The molecule has 0 N–H and O–H groups in total. The maximum Gasteiger partial charge on any atom is 0.0101 e. The van der Waals surface area contributed by atoms with Crippen LogP contribution in [0.15, 0.2) is 0 Å². The average Bonchev–Trinajstić information content (AvgIpc) is 2.87. The molecule has 0 aromatic carbocycles. The predicted octanol–water partition coefficient (Wildman–Crippen LogP) is 3.30. The third-order valence-corrected chi connectivity index (χ3v) is 4.16. The lowest BCUT2D eigenvalue weighted by Gasteiger charge is -2.30. The smallest absolute Gasteiger partial charge is 0.0101 e. The van der Waals surface area contributed by atoms with Crippen molar-refractivity contribution in [1.29, 1.82) is 0 Å². The molecule has 1 heterocycles. The number of likely N-dealkylation sites (tertiary alicyclic amines) is 1. The lowest BCUT2D eigenvalue weighted by atomic mass is 9.95. The van der Waals surface area contributed by atoms with Crippen molar-refractivity contribution in [3.63, 3.8) is 0 Å². The SMILES string of the molecule is CC(CC1CCCN1C(C)C)C1CC1. The molecule has 0 amide bonds. The lowest BCUT2D eigenvalue weighted by Crippen LogP contribution is -2.36. The zero-order chi connectivity index (χ0) is 10.1. The Morgan fingerprint density at radius 1 is 1.14 bits per heavy atom. The average molecular weight is 195 g/mol. The van der Waals surface area contributed by atoms with Crippen LogP contribution in [0.5, 0.6) is 0 Å². The van der Waals surface area contributed by atoms with Crippen molar-refractivity contribution in [1.82, 2.24) is 4.90 Å². The minimum absolute atomic E-state index is 0.758. The highest BCUT2D eigenvalue weighted by Gasteiger charge is 2.33. The van der Waals surface area contributed by atoms with E-state index in [1.165, 1.54) is 38.6 Å². The Balaban J connectivity index is 1.83. The van der Waals surface area contributed by atoms with E-state index in [2.05, 4.69) is 25.7 Å². The summed E-state index contributed by atoms with van der Waals surface area (Å²) in [5.41, 5.74) is 0. The molecule has 1 saturated carbocycles. The fraction of sp³-hybridized carbons (Fsp3) is 1.00. The minimum atomic E-state index is 0.758. The Kier molecular flexibility index (Phi) is 3.16. The Bertz CT molecular complexity index is 184. The highest BCUT2D eigenvalue weighted by atomic mass is 15.2. The van der Waals surface area contributed by atoms with E-state index < -0.39 is 0 Å². The third kappa shape index (κ3) is 2.31. The highest BCUT2D eigenvalue weighted by molar-refractivity contribution is 4.87. The molecule has 1 aliphatic carbocycles. The summed E-state index contributed by atoms with van der Waals surface area (Å²) in [4.78, 5) is 2.72. The van der Waals surface area contributed by atoms with Gasteiger partial charge in [-0.2, -0.15) is 0 Å². The number of hydrogen-bond acceptors (Lipinski definition) is 1. The van der Waals surface area contributed by atoms with Crippen LogP contribution in [-0.4, -0.2) is 23.5 Å². The first kappa shape index (κ1) is 10.5. The molecule has 1 aliphatic heterocycles. The van der Waals surface area contributed by atoms with E-state index in [-0.39, 0.29) is 0 Å². The van der Waals surface area contributed by atoms with Crippen LogP contribution in [0.1, 0.15) is 52.9 Å². The molecule has 0 spiro atoms. The summed E-state index contributed by atoms with van der Waals surface area (Å²) >= 11 is 0. The zero-order valence-electron chi connectivity index (χ0n) is 10.00. The van der Waals surface area contributed by atoms with E-state index in [1.54, 1.807) is 0 Å². The van der Waals surface area contributed by atoms with Gasteiger partial charge in [0, 0.05) is 12.1 Å². The van der Waals surface area contributed by atoms with Gasteiger partial charge in [0.15, 0.2) is 0 Å². The molecule has 2 unspecified atom stereocenters. The van der Waals surface area contributed by atoms with E-state index in [9.17, 15) is 0 Å². The molecule has 14 heavy (non-hydrogen) atoms. The molecule has 2 aliphatic rings. The van der Waals surface area contributed by atoms with Crippen LogP contribution in [0.3, 0.4) is 0 Å². The lowest BCUT2D eigenvalue weighted by molar-refractivity contribution is 0.175. The van der Waals surface area contributed by atoms with Gasteiger partial charge < -0.3 is 0 Å². The molecule has 1 saturated heterocycles. The second kappa shape index (κ2) is 4.22. The first-order valence-electron chi connectivity index (χ1n) is 6.44. The van der Waals surface area contributed by atoms with Crippen LogP contribution < -0.4 is 0 Å². The number of nitrogens with zero attached hydrogens (tertiary/aromatic N) is 1. The van der Waals surface area contributed by atoms with Gasteiger partial charge >= 0.3 is 0 Å². The number of rotatable bonds is 4. The number of hydrogen-bond donors (Lipinski definition) is 0. The first-order chi connectivity index (χ1) is 6.68. The summed E-state index contributed by atoms with van der Waals surface area (Å²) in [6.45, 7) is 8.51. The summed E-state index contributed by atoms with van der Waals surface area (Å²) in [6, 6.07) is 1.67. The summed E-state index contributed by atoms with van der Waals surface area (Å²) in [6.07, 6.45) is 7.36. The van der Waals surface area contributed by atoms with Crippen LogP contribution in [0.4, 0.5) is 0 Å². The Morgan fingerprint density at radius 3 is 2.43 bits per heavy atom. The van der Waals surface area contributed by atoms with Crippen LogP contribution in [0, 0.1) is 11.8 Å². The first-order valence-corrected chi connectivity index (χ1v) is 6.44. The van der Waals surface area contributed by atoms with Crippen LogP contribution in [0.2, 0.25) is 0 Å². The van der Waals surface area contributed by atoms with Crippen molar-refractivity contribution in [2.45, 2.75) is 65.0 Å². The molecule has 0 aromatic heterocycles. The topological polar surface area (TPSA) is 3.24 Å². The van der Waals surface area contributed by atoms with Gasteiger partial charge in [-0.25, -0.2) is 0 Å².